The Labute approximate surface area is 453 Å². The van der Waals surface area contributed by atoms with E-state index in [4.69, 9.17) is 24.4 Å². The molecule has 0 spiro atoms. The molecule has 2 unspecified atom stereocenters. The van der Waals surface area contributed by atoms with Gasteiger partial charge in [-0.05, 0) is 117 Å². The summed E-state index contributed by atoms with van der Waals surface area (Å²) >= 11 is 11.4. The molecule has 4 atom stereocenters. The van der Waals surface area contributed by atoms with E-state index in [0.717, 1.165) is 44.5 Å². The Morgan fingerprint density at radius 2 is 0.487 bits per heavy atom. The van der Waals surface area contributed by atoms with Gasteiger partial charge in [0.25, 0.3) is 23.6 Å². The predicted molar refractivity (Wildman–Crippen MR) is 305 cm³/mol. The predicted octanol–water partition coefficient (Wildman–Crippen LogP) is 9.61. The van der Waals surface area contributed by atoms with Gasteiger partial charge in [-0.15, -0.1) is 0 Å². The first kappa shape index (κ1) is 51.9. The van der Waals surface area contributed by atoms with Gasteiger partial charge in [0.15, 0.2) is 10.2 Å². The van der Waals surface area contributed by atoms with Crippen LogP contribution in [-0.2, 0) is 26.2 Å². The summed E-state index contributed by atoms with van der Waals surface area (Å²) in [5, 5.41) is 26.8. The second kappa shape index (κ2) is 25.3. The second-order valence-corrected chi connectivity index (χ2v) is 19.1. The van der Waals surface area contributed by atoms with Gasteiger partial charge in [0, 0.05) is 48.4 Å². The van der Waals surface area contributed by atoms with Crippen LogP contribution in [0.25, 0.3) is 0 Å². The molecule has 1 aliphatic heterocycles. The Morgan fingerprint density at radius 1 is 0.276 bits per heavy atom. The molecule has 1 aliphatic rings. The zero-order valence-electron chi connectivity index (χ0n) is 41.4. The first-order valence-electron chi connectivity index (χ1n) is 25.0. The summed E-state index contributed by atoms with van der Waals surface area (Å²) in [6.45, 7) is 1.29. The molecule has 8 bridgehead atoms. The van der Waals surface area contributed by atoms with Crippen LogP contribution in [0.3, 0.4) is 0 Å². The molecule has 0 aliphatic carbocycles. The Hall–Kier alpha value is -8.98. The summed E-state index contributed by atoms with van der Waals surface area (Å²) in [7, 11) is 0. The second-order valence-electron chi connectivity index (χ2n) is 18.3. The van der Waals surface area contributed by atoms with Gasteiger partial charge in [0.2, 0.25) is 0 Å². The SMILES string of the molecule is O=C1NC(c2ccccc2)[C@H](c2ccccc2)NC(=O)c2cccc(c2)CNC(=S)NCc2cccc(c2)C(=O)NC(c2ccccc2)[C@H](c2ccccc2)NC(=O)c2cccc(c2)CNC(=S)NCc2cccc1c2. The third-order valence-corrected chi connectivity index (χ3v) is 13.6. The first-order valence-corrected chi connectivity index (χ1v) is 25.8. The molecule has 76 heavy (non-hydrogen) atoms. The molecule has 4 amide bonds. The Kier molecular flexibility index (Phi) is 17.3. The Balaban J connectivity index is 1.01. The molecular weight excluding hydrogens is 985 g/mol. The molecule has 9 rings (SSSR count). The third kappa shape index (κ3) is 13.8. The normalized spacial score (nSPS) is 18.3. The number of fused-ring (bicyclic) bond motifs is 8. The number of nitrogens with one attached hydrogen (secondary N) is 8. The van der Waals surface area contributed by atoms with Crippen molar-refractivity contribution in [1.29, 1.82) is 0 Å². The lowest BCUT2D eigenvalue weighted by Crippen LogP contribution is -2.41. The lowest BCUT2D eigenvalue weighted by molar-refractivity contribution is 0.0881. The molecule has 0 aromatic heterocycles. The molecule has 0 saturated carbocycles. The largest absolute Gasteiger partial charge is 0.359 e. The van der Waals surface area contributed by atoms with Crippen molar-refractivity contribution in [3.63, 3.8) is 0 Å². The molecule has 0 saturated heterocycles. The third-order valence-electron chi connectivity index (χ3n) is 13.0. The minimum absolute atomic E-state index is 0.322. The molecule has 8 aromatic rings. The standard InChI is InChI=1S/C62H56N8O4S2/c71-57-49-29-13-17-41(33-49)37-63-61(75)65-39-43-19-15-31-51(35-43)59(73)69-55(47-25-9-3-10-26-47)56(48-27-11-4-12-28-48)70-60(74)52-32-16-20-44(36-52)40-66-62(76)64-38-42-18-14-30-50(34-42)58(72)68-54(46-23-7-2-8-24-46)53(67-57)45-21-5-1-6-22-45/h1-36,53-56H,37-40H2,(H,67,71)(H,68,72)(H,69,73)(H,70,74)(H2,63,65,75)(H2,64,66,76)/t53-,54?,55?,56-/m0/s1. The highest BCUT2D eigenvalue weighted by atomic mass is 32.1. The topological polar surface area (TPSA) is 165 Å². The van der Waals surface area contributed by atoms with Crippen LogP contribution in [0.5, 0.6) is 0 Å². The van der Waals surface area contributed by atoms with Crippen molar-refractivity contribution in [3.8, 4) is 0 Å². The molecule has 0 radical (unpaired) electrons. The van der Waals surface area contributed by atoms with Crippen molar-refractivity contribution >= 4 is 58.3 Å². The maximum Gasteiger partial charge on any atom is 0.251 e. The van der Waals surface area contributed by atoms with Crippen LogP contribution in [-0.4, -0.2) is 33.9 Å². The van der Waals surface area contributed by atoms with Crippen LogP contribution in [0, 0.1) is 0 Å². The molecule has 12 nitrogen and oxygen atoms in total. The minimum Gasteiger partial charge on any atom is -0.359 e. The molecule has 1 heterocycles. The molecule has 14 heteroatoms. The van der Waals surface area contributed by atoms with Crippen molar-refractivity contribution in [2.75, 3.05) is 0 Å². The van der Waals surface area contributed by atoms with Gasteiger partial charge in [-0.1, -0.05) is 170 Å². The van der Waals surface area contributed by atoms with E-state index in [1.807, 2.05) is 194 Å². The summed E-state index contributed by atoms with van der Waals surface area (Å²) in [5.74, 6) is -1.30. The van der Waals surface area contributed by atoms with Gasteiger partial charge < -0.3 is 42.5 Å². The summed E-state index contributed by atoms with van der Waals surface area (Å²) in [6.07, 6.45) is 0. The average Bonchev–Trinajstić information content (AvgIpc) is 3.47. The van der Waals surface area contributed by atoms with Gasteiger partial charge in [-0.25, -0.2) is 0 Å². The fraction of sp³-hybridized carbons (Fsp3) is 0.129. The van der Waals surface area contributed by atoms with Crippen LogP contribution in [0.2, 0.25) is 0 Å². The van der Waals surface area contributed by atoms with Gasteiger partial charge in [-0.2, -0.15) is 0 Å². The molecule has 380 valence electrons. The number of benzene rings is 8. The Bertz CT molecular complexity index is 2890. The molecular formula is C62H56N8O4S2. The van der Waals surface area contributed by atoms with Gasteiger partial charge >= 0.3 is 0 Å². The van der Waals surface area contributed by atoms with Gasteiger partial charge in [0.1, 0.15) is 0 Å². The highest BCUT2D eigenvalue weighted by Gasteiger charge is 2.31. The van der Waals surface area contributed by atoms with E-state index < -0.39 is 24.2 Å². The van der Waals surface area contributed by atoms with E-state index in [9.17, 15) is 19.2 Å². The number of rotatable bonds is 4. The van der Waals surface area contributed by atoms with Crippen LogP contribution in [0.4, 0.5) is 0 Å². The molecule has 0 fully saturated rings. The number of hydrogen-bond donors (Lipinski definition) is 8. The van der Waals surface area contributed by atoms with E-state index in [1.165, 1.54) is 0 Å². The lowest BCUT2D eigenvalue weighted by atomic mass is 9.92. The van der Waals surface area contributed by atoms with E-state index in [0.29, 0.717) is 58.7 Å². The first-order chi connectivity index (χ1) is 37.1. The minimum atomic E-state index is -0.675. The lowest BCUT2D eigenvalue weighted by Gasteiger charge is -2.30. The summed E-state index contributed by atoms with van der Waals surface area (Å²) in [6, 6.07) is 64.8. The monoisotopic (exact) mass is 1040 g/mol. The van der Waals surface area contributed by atoms with E-state index in [2.05, 4.69) is 42.5 Å². The van der Waals surface area contributed by atoms with E-state index >= 15 is 0 Å². The highest BCUT2D eigenvalue weighted by molar-refractivity contribution is 7.80. The van der Waals surface area contributed by atoms with Crippen LogP contribution < -0.4 is 42.5 Å². The fourth-order valence-electron chi connectivity index (χ4n) is 9.12. The number of amides is 4. The van der Waals surface area contributed by atoms with Crippen molar-refractivity contribution < 1.29 is 19.2 Å². The van der Waals surface area contributed by atoms with Crippen molar-refractivity contribution in [2.24, 2.45) is 0 Å². The summed E-state index contributed by atoms with van der Waals surface area (Å²) in [4.78, 5) is 57.4. The van der Waals surface area contributed by atoms with E-state index in [1.54, 1.807) is 24.3 Å². The van der Waals surface area contributed by atoms with Gasteiger partial charge in [-0.3, -0.25) is 19.2 Å². The molecule has 8 aromatic carbocycles. The van der Waals surface area contributed by atoms with Crippen LogP contribution in [0.1, 0.15) is 110 Å². The van der Waals surface area contributed by atoms with Crippen molar-refractivity contribution in [2.45, 2.75) is 50.3 Å². The highest BCUT2D eigenvalue weighted by Crippen LogP contribution is 2.32. The summed E-state index contributed by atoms with van der Waals surface area (Å²) in [5.41, 5.74) is 8.18. The Morgan fingerprint density at radius 3 is 0.697 bits per heavy atom. The smallest absolute Gasteiger partial charge is 0.251 e. The quantitative estimate of drug-likeness (QED) is 0.0797. The fourth-order valence-corrected chi connectivity index (χ4v) is 9.41. The number of carbonyl (C=O) groups is 4. The zero-order chi connectivity index (χ0) is 52.6. The van der Waals surface area contributed by atoms with Gasteiger partial charge in [0.05, 0.1) is 24.2 Å². The van der Waals surface area contributed by atoms with Crippen LogP contribution >= 0.6 is 24.4 Å². The van der Waals surface area contributed by atoms with Crippen molar-refractivity contribution in [1.82, 2.24) is 42.5 Å². The summed E-state index contributed by atoms with van der Waals surface area (Å²) < 4.78 is 0. The molecule has 8 N–H and O–H groups in total. The number of carbonyl (C=O) groups excluding carboxylic acids is 4. The van der Waals surface area contributed by atoms with Crippen molar-refractivity contribution in [3.05, 3.63) is 285 Å². The number of thiocarbonyl (C=S) groups is 2. The zero-order valence-corrected chi connectivity index (χ0v) is 43.0. The average molecular weight is 1040 g/mol. The van der Waals surface area contributed by atoms with E-state index in [-0.39, 0.29) is 23.6 Å². The van der Waals surface area contributed by atoms with Crippen LogP contribution in [0.15, 0.2) is 218 Å². The maximum absolute atomic E-state index is 14.4. The maximum atomic E-state index is 14.4. The number of hydrogen-bond acceptors (Lipinski definition) is 6.